The maximum Gasteiger partial charge on any atom is 0.307 e. The van der Waals surface area contributed by atoms with Crippen LogP contribution < -0.4 is 0 Å². The molecule has 20 heavy (non-hydrogen) atoms. The van der Waals surface area contributed by atoms with Crippen LogP contribution in [-0.2, 0) is 21.4 Å². The predicted molar refractivity (Wildman–Crippen MR) is 72.6 cm³/mol. The molecule has 2 rings (SSSR count). The number of hydrogen-bond acceptors (Lipinski definition) is 4. The average Bonchev–Trinajstić information content (AvgIpc) is 2.98. The summed E-state index contributed by atoms with van der Waals surface area (Å²) in [5, 5.41) is 8.29. The molecule has 1 aromatic heterocycles. The molecule has 0 aliphatic heterocycles. The molecule has 1 N–H and O–H groups in total. The van der Waals surface area contributed by atoms with E-state index in [-0.39, 0.29) is 6.54 Å². The molecular formula is C13H19NO5S. The lowest BCUT2D eigenvalue weighted by atomic mass is 10.1. The Labute approximate surface area is 118 Å². The van der Waals surface area contributed by atoms with Crippen LogP contribution in [0.25, 0.3) is 0 Å². The summed E-state index contributed by atoms with van der Waals surface area (Å²) in [5.41, 5.74) is 0. The van der Waals surface area contributed by atoms with Crippen molar-refractivity contribution in [1.82, 2.24) is 4.31 Å². The van der Waals surface area contributed by atoms with Crippen molar-refractivity contribution in [1.29, 1.82) is 0 Å². The molecular weight excluding hydrogens is 282 g/mol. The van der Waals surface area contributed by atoms with Gasteiger partial charge in [0.05, 0.1) is 17.7 Å². The lowest BCUT2D eigenvalue weighted by Crippen LogP contribution is -2.39. The molecule has 2 unspecified atom stereocenters. The van der Waals surface area contributed by atoms with E-state index in [9.17, 15) is 13.2 Å². The summed E-state index contributed by atoms with van der Waals surface area (Å²) < 4.78 is 31.5. The SMILES string of the molecule is Cc1ccc(CN(C)S(=O)(=O)C2CCCC2C(=O)O)o1. The molecule has 1 aliphatic rings. The lowest BCUT2D eigenvalue weighted by Gasteiger charge is -2.23. The van der Waals surface area contributed by atoms with Crippen molar-refractivity contribution in [2.75, 3.05) is 7.05 Å². The number of rotatable bonds is 5. The molecule has 0 radical (unpaired) electrons. The van der Waals surface area contributed by atoms with Gasteiger partial charge in [0.25, 0.3) is 0 Å². The zero-order valence-electron chi connectivity index (χ0n) is 11.6. The van der Waals surface area contributed by atoms with Crippen LogP contribution in [0.5, 0.6) is 0 Å². The van der Waals surface area contributed by atoms with Crippen LogP contribution in [0.3, 0.4) is 0 Å². The molecule has 1 aliphatic carbocycles. The van der Waals surface area contributed by atoms with E-state index in [4.69, 9.17) is 9.52 Å². The van der Waals surface area contributed by atoms with Crippen LogP contribution in [0.15, 0.2) is 16.5 Å². The maximum atomic E-state index is 12.5. The van der Waals surface area contributed by atoms with Crippen LogP contribution >= 0.6 is 0 Å². The van der Waals surface area contributed by atoms with E-state index in [2.05, 4.69) is 0 Å². The first-order valence-electron chi connectivity index (χ1n) is 6.55. The molecule has 7 heteroatoms. The van der Waals surface area contributed by atoms with Gasteiger partial charge < -0.3 is 9.52 Å². The predicted octanol–water partition coefficient (Wildman–Crippen LogP) is 1.60. The first kappa shape index (κ1) is 15.1. The number of carboxylic acids is 1. The maximum absolute atomic E-state index is 12.5. The molecule has 1 heterocycles. The lowest BCUT2D eigenvalue weighted by molar-refractivity contribution is -0.141. The molecule has 2 atom stereocenters. The first-order chi connectivity index (χ1) is 9.32. The summed E-state index contributed by atoms with van der Waals surface area (Å²) in [6.45, 7) is 1.91. The highest BCUT2D eigenvalue weighted by Crippen LogP contribution is 2.33. The molecule has 0 amide bonds. The largest absolute Gasteiger partial charge is 0.481 e. The smallest absolute Gasteiger partial charge is 0.307 e. The second kappa shape index (κ2) is 5.57. The Balaban J connectivity index is 2.15. The molecule has 112 valence electrons. The van der Waals surface area contributed by atoms with E-state index in [0.717, 1.165) is 5.76 Å². The second-order valence-electron chi connectivity index (χ2n) is 5.23. The van der Waals surface area contributed by atoms with Gasteiger partial charge in [-0.05, 0) is 31.9 Å². The van der Waals surface area contributed by atoms with Gasteiger partial charge in [0, 0.05) is 7.05 Å². The molecule has 0 bridgehead atoms. The Hall–Kier alpha value is -1.34. The number of aryl methyl sites for hydroxylation is 1. The van der Waals surface area contributed by atoms with Crippen molar-refractivity contribution in [2.45, 2.75) is 38.0 Å². The third-order valence-corrected chi connectivity index (χ3v) is 6.09. The van der Waals surface area contributed by atoms with Crippen molar-refractivity contribution >= 4 is 16.0 Å². The van der Waals surface area contributed by atoms with Gasteiger partial charge in [0.1, 0.15) is 11.5 Å². The van der Waals surface area contributed by atoms with E-state index in [1.807, 2.05) is 0 Å². The number of nitrogens with zero attached hydrogens (tertiary/aromatic N) is 1. The van der Waals surface area contributed by atoms with E-state index in [1.54, 1.807) is 19.1 Å². The number of aliphatic carboxylic acids is 1. The van der Waals surface area contributed by atoms with Crippen molar-refractivity contribution < 1.29 is 22.7 Å². The highest BCUT2D eigenvalue weighted by Gasteiger charge is 2.43. The van der Waals surface area contributed by atoms with Crippen molar-refractivity contribution in [3.8, 4) is 0 Å². The summed E-state index contributed by atoms with van der Waals surface area (Å²) in [6, 6.07) is 3.50. The summed E-state index contributed by atoms with van der Waals surface area (Å²) in [7, 11) is -2.17. The van der Waals surface area contributed by atoms with Crippen molar-refractivity contribution in [3.05, 3.63) is 23.7 Å². The normalized spacial score (nSPS) is 23.4. The minimum absolute atomic E-state index is 0.124. The van der Waals surface area contributed by atoms with Gasteiger partial charge in [-0.2, -0.15) is 4.31 Å². The van der Waals surface area contributed by atoms with Gasteiger partial charge in [-0.1, -0.05) is 6.42 Å². The zero-order chi connectivity index (χ0) is 14.9. The Morgan fingerprint density at radius 3 is 2.70 bits per heavy atom. The fourth-order valence-corrected chi connectivity index (χ4v) is 4.58. The molecule has 0 aromatic carbocycles. The monoisotopic (exact) mass is 301 g/mol. The van der Waals surface area contributed by atoms with E-state index in [0.29, 0.717) is 25.0 Å². The molecule has 1 saturated carbocycles. The van der Waals surface area contributed by atoms with Gasteiger partial charge in [0.2, 0.25) is 10.0 Å². The van der Waals surface area contributed by atoms with Crippen molar-refractivity contribution in [2.24, 2.45) is 5.92 Å². The highest BCUT2D eigenvalue weighted by molar-refractivity contribution is 7.89. The standard InChI is InChI=1S/C13H19NO5S/c1-9-6-7-10(19-9)8-14(2)20(17,18)12-5-3-4-11(12)13(15)16/h6-7,11-12H,3-5,8H2,1-2H3,(H,15,16). The third kappa shape index (κ3) is 2.88. The summed E-state index contributed by atoms with van der Waals surface area (Å²) in [6.07, 6.45) is 1.46. The number of carbonyl (C=O) groups is 1. The Kier molecular flexibility index (Phi) is 4.19. The van der Waals surface area contributed by atoms with Gasteiger partial charge in [-0.25, -0.2) is 8.42 Å². The minimum Gasteiger partial charge on any atom is -0.481 e. The summed E-state index contributed by atoms with van der Waals surface area (Å²) in [5.74, 6) is -0.562. The Morgan fingerprint density at radius 1 is 1.45 bits per heavy atom. The van der Waals surface area contributed by atoms with Gasteiger partial charge in [-0.15, -0.1) is 0 Å². The fraction of sp³-hybridized carbons (Fsp3) is 0.615. The number of hydrogen-bond donors (Lipinski definition) is 1. The number of carboxylic acid groups (broad SMARTS) is 1. The third-order valence-electron chi connectivity index (χ3n) is 3.76. The number of furan rings is 1. The number of sulfonamides is 1. The molecule has 0 spiro atoms. The van der Waals surface area contributed by atoms with E-state index in [1.165, 1.54) is 11.4 Å². The van der Waals surface area contributed by atoms with Crippen LogP contribution in [0, 0.1) is 12.8 Å². The highest BCUT2D eigenvalue weighted by atomic mass is 32.2. The van der Waals surface area contributed by atoms with Crippen LogP contribution in [0.2, 0.25) is 0 Å². The van der Waals surface area contributed by atoms with Crippen molar-refractivity contribution in [3.63, 3.8) is 0 Å². The molecule has 0 saturated heterocycles. The quantitative estimate of drug-likeness (QED) is 0.892. The molecule has 1 fully saturated rings. The van der Waals surface area contributed by atoms with E-state index >= 15 is 0 Å². The van der Waals surface area contributed by atoms with Crippen LogP contribution in [0.1, 0.15) is 30.8 Å². The Bertz CT molecular complexity index is 592. The van der Waals surface area contributed by atoms with Gasteiger partial charge in [-0.3, -0.25) is 4.79 Å². The first-order valence-corrected chi connectivity index (χ1v) is 8.06. The van der Waals surface area contributed by atoms with Crippen LogP contribution in [0.4, 0.5) is 0 Å². The fourth-order valence-electron chi connectivity index (χ4n) is 2.68. The summed E-state index contributed by atoms with van der Waals surface area (Å²) in [4.78, 5) is 11.1. The zero-order valence-corrected chi connectivity index (χ0v) is 12.4. The average molecular weight is 301 g/mol. The minimum atomic E-state index is -3.63. The topological polar surface area (TPSA) is 87.8 Å². The second-order valence-corrected chi connectivity index (χ2v) is 7.49. The summed E-state index contributed by atoms with van der Waals surface area (Å²) >= 11 is 0. The van der Waals surface area contributed by atoms with Crippen LogP contribution in [-0.4, -0.2) is 36.1 Å². The molecule has 1 aromatic rings. The van der Waals surface area contributed by atoms with Gasteiger partial charge in [0.15, 0.2) is 0 Å². The van der Waals surface area contributed by atoms with Gasteiger partial charge >= 0.3 is 5.97 Å². The molecule has 6 nitrogen and oxygen atoms in total. The Morgan fingerprint density at radius 2 is 2.15 bits per heavy atom. The van der Waals surface area contributed by atoms with E-state index < -0.39 is 27.2 Å².